The van der Waals surface area contributed by atoms with Gasteiger partial charge in [-0.2, -0.15) is 0 Å². The maximum Gasteiger partial charge on any atom is 0.254 e. The Hall–Kier alpha value is -1.28. The van der Waals surface area contributed by atoms with E-state index in [0.717, 1.165) is 15.7 Å². The SMILES string of the molecule is O=C(NCCc1ccc(F)c(F)c1)c1cc(I)cnc1Cl. The second-order valence-electron chi connectivity index (χ2n) is 4.25. The smallest absolute Gasteiger partial charge is 0.254 e. The molecule has 0 aliphatic carbocycles. The van der Waals surface area contributed by atoms with E-state index in [1.54, 1.807) is 12.3 Å². The molecule has 2 aromatic rings. The maximum atomic E-state index is 13.0. The number of nitrogens with one attached hydrogen (secondary N) is 1. The van der Waals surface area contributed by atoms with Crippen molar-refractivity contribution in [1.82, 2.24) is 10.3 Å². The molecule has 1 N–H and O–H groups in total. The molecule has 1 heterocycles. The van der Waals surface area contributed by atoms with E-state index in [2.05, 4.69) is 10.3 Å². The van der Waals surface area contributed by atoms with Crippen molar-refractivity contribution >= 4 is 40.1 Å². The Morgan fingerprint density at radius 3 is 2.76 bits per heavy atom. The van der Waals surface area contributed by atoms with Crippen LogP contribution in [0.3, 0.4) is 0 Å². The number of nitrogens with zero attached hydrogens (tertiary/aromatic N) is 1. The summed E-state index contributed by atoms with van der Waals surface area (Å²) in [5.74, 6) is -2.14. The Bertz CT molecular complexity index is 682. The van der Waals surface area contributed by atoms with Crippen molar-refractivity contribution in [2.45, 2.75) is 6.42 Å². The van der Waals surface area contributed by atoms with Crippen LogP contribution in [0.2, 0.25) is 5.15 Å². The molecule has 2 rings (SSSR count). The lowest BCUT2D eigenvalue weighted by Crippen LogP contribution is -2.26. The van der Waals surface area contributed by atoms with Gasteiger partial charge in [-0.3, -0.25) is 4.79 Å². The lowest BCUT2D eigenvalue weighted by molar-refractivity contribution is 0.0954. The molecule has 0 saturated heterocycles. The van der Waals surface area contributed by atoms with E-state index >= 15 is 0 Å². The molecule has 0 atom stereocenters. The van der Waals surface area contributed by atoms with Gasteiger partial charge in [0.1, 0.15) is 5.15 Å². The number of aromatic nitrogens is 1. The van der Waals surface area contributed by atoms with Crippen LogP contribution in [0.15, 0.2) is 30.5 Å². The largest absolute Gasteiger partial charge is 0.352 e. The summed E-state index contributed by atoms with van der Waals surface area (Å²) in [6.07, 6.45) is 1.94. The summed E-state index contributed by atoms with van der Waals surface area (Å²) in [7, 11) is 0. The highest BCUT2D eigenvalue weighted by Crippen LogP contribution is 2.15. The molecule has 21 heavy (non-hydrogen) atoms. The second kappa shape index (κ2) is 7.13. The van der Waals surface area contributed by atoms with Crippen molar-refractivity contribution in [2.75, 3.05) is 6.54 Å². The topological polar surface area (TPSA) is 42.0 Å². The molecule has 0 aliphatic rings. The van der Waals surface area contributed by atoms with Crippen molar-refractivity contribution in [1.29, 1.82) is 0 Å². The van der Waals surface area contributed by atoms with Gasteiger partial charge in [0.25, 0.3) is 5.91 Å². The van der Waals surface area contributed by atoms with Crippen molar-refractivity contribution in [3.8, 4) is 0 Å². The molecule has 3 nitrogen and oxygen atoms in total. The second-order valence-corrected chi connectivity index (χ2v) is 5.85. The fourth-order valence-corrected chi connectivity index (χ4v) is 2.33. The van der Waals surface area contributed by atoms with E-state index in [0.29, 0.717) is 12.0 Å². The summed E-state index contributed by atoms with van der Waals surface area (Å²) >= 11 is 7.89. The van der Waals surface area contributed by atoms with E-state index in [1.165, 1.54) is 6.07 Å². The molecule has 0 unspecified atom stereocenters. The van der Waals surface area contributed by atoms with Gasteiger partial charge in [-0.05, 0) is 52.8 Å². The van der Waals surface area contributed by atoms with Crippen LogP contribution in [0.1, 0.15) is 15.9 Å². The van der Waals surface area contributed by atoms with Crippen LogP contribution in [-0.2, 0) is 6.42 Å². The van der Waals surface area contributed by atoms with E-state index in [1.807, 2.05) is 22.6 Å². The number of halogens is 4. The molecule has 1 aromatic carbocycles. The molecule has 0 fully saturated rings. The van der Waals surface area contributed by atoms with Crippen LogP contribution < -0.4 is 5.32 Å². The Kier molecular flexibility index (Phi) is 5.46. The molecular weight excluding hydrogens is 413 g/mol. The van der Waals surface area contributed by atoms with Crippen molar-refractivity contribution in [3.63, 3.8) is 0 Å². The minimum Gasteiger partial charge on any atom is -0.352 e. The summed E-state index contributed by atoms with van der Waals surface area (Å²) in [4.78, 5) is 15.8. The quantitative estimate of drug-likeness (QED) is 0.604. The number of rotatable bonds is 4. The first-order valence-electron chi connectivity index (χ1n) is 6.00. The van der Waals surface area contributed by atoms with Crippen LogP contribution in [0, 0.1) is 15.2 Å². The highest BCUT2D eigenvalue weighted by molar-refractivity contribution is 14.1. The standard InChI is InChI=1S/C14H10ClF2IN2O/c15-13-10(6-9(18)7-20-13)14(21)19-4-3-8-1-2-11(16)12(17)5-8/h1-2,5-7H,3-4H2,(H,19,21). The first-order chi connectivity index (χ1) is 9.97. The van der Waals surface area contributed by atoms with Gasteiger partial charge in [0, 0.05) is 16.3 Å². The van der Waals surface area contributed by atoms with Crippen LogP contribution in [0.4, 0.5) is 8.78 Å². The fraction of sp³-hybridized carbons (Fsp3) is 0.143. The number of carbonyl (C=O) groups excluding carboxylic acids is 1. The van der Waals surface area contributed by atoms with Gasteiger partial charge in [-0.25, -0.2) is 13.8 Å². The average Bonchev–Trinajstić information content (AvgIpc) is 2.45. The third-order valence-electron chi connectivity index (χ3n) is 2.73. The number of amides is 1. The summed E-state index contributed by atoms with van der Waals surface area (Å²) in [5.41, 5.74) is 0.884. The van der Waals surface area contributed by atoms with Gasteiger partial charge in [0.05, 0.1) is 5.56 Å². The lowest BCUT2D eigenvalue weighted by atomic mass is 10.1. The van der Waals surface area contributed by atoms with Crippen LogP contribution in [0.5, 0.6) is 0 Å². The Balaban J connectivity index is 1.95. The zero-order chi connectivity index (χ0) is 15.4. The van der Waals surface area contributed by atoms with E-state index in [9.17, 15) is 13.6 Å². The van der Waals surface area contributed by atoms with E-state index in [4.69, 9.17) is 11.6 Å². The number of pyridine rings is 1. The molecule has 110 valence electrons. The number of carbonyl (C=O) groups is 1. The molecule has 0 radical (unpaired) electrons. The highest BCUT2D eigenvalue weighted by atomic mass is 127. The fourth-order valence-electron chi connectivity index (χ4n) is 1.69. The van der Waals surface area contributed by atoms with Gasteiger partial charge in [-0.15, -0.1) is 0 Å². The van der Waals surface area contributed by atoms with Crippen LogP contribution in [-0.4, -0.2) is 17.4 Å². The predicted octanol–water partition coefficient (Wildman–Crippen LogP) is 3.59. The molecule has 0 spiro atoms. The Morgan fingerprint density at radius 2 is 2.05 bits per heavy atom. The third-order valence-corrected chi connectivity index (χ3v) is 3.62. The zero-order valence-electron chi connectivity index (χ0n) is 10.7. The maximum absolute atomic E-state index is 13.0. The minimum atomic E-state index is -0.899. The van der Waals surface area contributed by atoms with Crippen LogP contribution >= 0.6 is 34.2 Å². The van der Waals surface area contributed by atoms with Gasteiger partial charge < -0.3 is 5.32 Å². The van der Waals surface area contributed by atoms with Gasteiger partial charge in [0.15, 0.2) is 11.6 Å². The summed E-state index contributed by atoms with van der Waals surface area (Å²) in [6, 6.07) is 5.28. The molecule has 7 heteroatoms. The Morgan fingerprint density at radius 1 is 1.29 bits per heavy atom. The lowest BCUT2D eigenvalue weighted by Gasteiger charge is -2.07. The first-order valence-corrected chi connectivity index (χ1v) is 7.46. The molecule has 0 saturated carbocycles. The van der Waals surface area contributed by atoms with Gasteiger partial charge in [-0.1, -0.05) is 17.7 Å². The normalized spacial score (nSPS) is 10.5. The zero-order valence-corrected chi connectivity index (χ0v) is 13.6. The average molecular weight is 423 g/mol. The number of hydrogen-bond donors (Lipinski definition) is 1. The first kappa shape index (κ1) is 16.1. The molecule has 1 amide bonds. The van der Waals surface area contributed by atoms with E-state index < -0.39 is 11.6 Å². The van der Waals surface area contributed by atoms with Gasteiger partial charge in [0.2, 0.25) is 0 Å². The van der Waals surface area contributed by atoms with Gasteiger partial charge >= 0.3 is 0 Å². The molecule has 1 aromatic heterocycles. The molecule has 0 aliphatic heterocycles. The molecule has 0 bridgehead atoms. The highest BCUT2D eigenvalue weighted by Gasteiger charge is 2.11. The predicted molar refractivity (Wildman–Crippen MR) is 84.4 cm³/mol. The van der Waals surface area contributed by atoms with Crippen molar-refractivity contribution < 1.29 is 13.6 Å². The summed E-state index contributed by atoms with van der Waals surface area (Å²) < 4.78 is 26.6. The third kappa shape index (κ3) is 4.34. The van der Waals surface area contributed by atoms with Crippen molar-refractivity contribution in [2.24, 2.45) is 0 Å². The van der Waals surface area contributed by atoms with Crippen molar-refractivity contribution in [3.05, 3.63) is 61.9 Å². The minimum absolute atomic E-state index is 0.126. The van der Waals surface area contributed by atoms with E-state index in [-0.39, 0.29) is 23.2 Å². The van der Waals surface area contributed by atoms with Crippen LogP contribution in [0.25, 0.3) is 0 Å². The number of hydrogen-bond acceptors (Lipinski definition) is 2. The summed E-state index contributed by atoms with van der Waals surface area (Å²) in [5, 5.41) is 2.79. The number of benzene rings is 1. The molecular formula is C14H10ClF2IN2O. The monoisotopic (exact) mass is 422 g/mol. The Labute approximate surface area is 138 Å². The summed E-state index contributed by atoms with van der Waals surface area (Å²) in [6.45, 7) is 0.283.